The van der Waals surface area contributed by atoms with Gasteiger partial charge >= 0.3 is 0 Å². The van der Waals surface area contributed by atoms with Gasteiger partial charge in [-0.05, 0) is 58.7 Å². The number of rotatable bonds is 8. The van der Waals surface area contributed by atoms with Crippen molar-refractivity contribution in [1.82, 2.24) is 0 Å². The molecular weight excluding hydrogens is 412 g/mol. The van der Waals surface area contributed by atoms with Gasteiger partial charge in [0.2, 0.25) is 5.91 Å². The van der Waals surface area contributed by atoms with E-state index in [2.05, 4.69) is 26.6 Å². The molecule has 2 N–H and O–H groups in total. The summed E-state index contributed by atoms with van der Waals surface area (Å²) in [4.78, 5) is 24.2. The van der Waals surface area contributed by atoms with Crippen LogP contribution in [0.5, 0.6) is 5.75 Å². The van der Waals surface area contributed by atoms with Crippen molar-refractivity contribution in [2.45, 2.75) is 20.3 Å². The van der Waals surface area contributed by atoms with Gasteiger partial charge in [-0.3, -0.25) is 9.59 Å². The summed E-state index contributed by atoms with van der Waals surface area (Å²) in [7, 11) is 1.61. The number of hydrogen-bond acceptors (Lipinski definition) is 4. The molecule has 0 aliphatic carbocycles. The Morgan fingerprint density at radius 3 is 2.52 bits per heavy atom. The number of benzene rings is 2. The second-order valence-corrected chi connectivity index (χ2v) is 6.73. The van der Waals surface area contributed by atoms with Crippen molar-refractivity contribution in [2.75, 3.05) is 31.0 Å². The van der Waals surface area contributed by atoms with Crippen molar-refractivity contribution in [3.63, 3.8) is 0 Å². The van der Waals surface area contributed by atoms with E-state index in [9.17, 15) is 9.59 Å². The van der Waals surface area contributed by atoms with E-state index in [4.69, 9.17) is 9.47 Å². The van der Waals surface area contributed by atoms with Gasteiger partial charge in [0.05, 0.1) is 11.1 Å². The Hall–Kier alpha value is -2.38. The smallest absolute Gasteiger partial charge is 0.255 e. The minimum absolute atomic E-state index is 0.0745. The zero-order chi connectivity index (χ0) is 19.8. The first-order valence-corrected chi connectivity index (χ1v) is 9.37. The molecule has 27 heavy (non-hydrogen) atoms. The third kappa shape index (κ3) is 6.08. The van der Waals surface area contributed by atoms with Crippen molar-refractivity contribution >= 4 is 39.1 Å². The minimum atomic E-state index is -0.254. The third-order valence-electron chi connectivity index (χ3n) is 3.83. The predicted octanol–water partition coefficient (Wildman–Crippen LogP) is 4.38. The molecule has 2 aromatic rings. The number of hydrogen-bond donors (Lipinski definition) is 2. The van der Waals surface area contributed by atoms with Crippen molar-refractivity contribution in [2.24, 2.45) is 0 Å². The van der Waals surface area contributed by atoms with E-state index in [1.807, 2.05) is 13.0 Å². The molecule has 0 fully saturated rings. The van der Waals surface area contributed by atoms with E-state index in [-0.39, 0.29) is 11.8 Å². The Kier molecular flexibility index (Phi) is 7.82. The highest BCUT2D eigenvalue weighted by Crippen LogP contribution is 2.27. The summed E-state index contributed by atoms with van der Waals surface area (Å²) in [5.74, 6) is 0.314. The fraction of sp³-hybridized carbons (Fsp3) is 0.300. The summed E-state index contributed by atoms with van der Waals surface area (Å²) >= 11 is 3.42. The van der Waals surface area contributed by atoms with Crippen LogP contribution < -0.4 is 15.4 Å². The Morgan fingerprint density at radius 1 is 1.07 bits per heavy atom. The lowest BCUT2D eigenvalue weighted by atomic mass is 10.1. The maximum atomic E-state index is 12.5. The largest absolute Gasteiger partial charge is 0.490 e. The summed E-state index contributed by atoms with van der Waals surface area (Å²) in [6.45, 7) is 4.60. The number of amides is 2. The molecule has 0 saturated heterocycles. The topological polar surface area (TPSA) is 76.7 Å². The lowest BCUT2D eigenvalue weighted by Crippen LogP contribution is -2.14. The standard InChI is InChI=1S/C20H23BrN2O4/c1-4-19(24)23-17-12-15(7-5-13(17)2)22-20(25)14-6-8-18(16(21)11-14)27-10-9-26-3/h5-8,11-12H,4,9-10H2,1-3H3,(H,22,25)(H,23,24). The summed E-state index contributed by atoms with van der Waals surface area (Å²) in [5, 5.41) is 5.67. The van der Waals surface area contributed by atoms with Gasteiger partial charge in [0.1, 0.15) is 12.4 Å². The summed E-state index contributed by atoms with van der Waals surface area (Å²) in [5.41, 5.74) is 2.70. The SMILES string of the molecule is CCC(=O)Nc1cc(NC(=O)c2ccc(OCCOC)c(Br)c2)ccc1C. The first-order valence-electron chi connectivity index (χ1n) is 8.57. The van der Waals surface area contributed by atoms with Gasteiger partial charge in [0, 0.05) is 30.5 Å². The monoisotopic (exact) mass is 434 g/mol. The Morgan fingerprint density at radius 2 is 1.85 bits per heavy atom. The highest BCUT2D eigenvalue weighted by atomic mass is 79.9. The van der Waals surface area contributed by atoms with Crippen LogP contribution in [0.15, 0.2) is 40.9 Å². The lowest BCUT2D eigenvalue weighted by molar-refractivity contribution is -0.115. The molecule has 0 heterocycles. The van der Waals surface area contributed by atoms with Crippen LogP contribution in [0, 0.1) is 6.92 Å². The van der Waals surface area contributed by atoms with Crippen molar-refractivity contribution in [1.29, 1.82) is 0 Å². The molecule has 0 unspecified atom stereocenters. The number of nitrogens with one attached hydrogen (secondary N) is 2. The van der Waals surface area contributed by atoms with Gasteiger partial charge in [-0.15, -0.1) is 0 Å². The van der Waals surface area contributed by atoms with Crippen LogP contribution in [0.25, 0.3) is 0 Å². The minimum Gasteiger partial charge on any atom is -0.490 e. The van der Waals surface area contributed by atoms with Gasteiger partial charge in [-0.25, -0.2) is 0 Å². The summed E-state index contributed by atoms with van der Waals surface area (Å²) in [6.07, 6.45) is 0.392. The molecule has 2 aromatic carbocycles. The Labute approximate surface area is 167 Å². The molecule has 144 valence electrons. The quantitative estimate of drug-likeness (QED) is 0.604. The fourth-order valence-corrected chi connectivity index (χ4v) is 2.76. The van der Waals surface area contributed by atoms with Gasteiger partial charge in [0.15, 0.2) is 0 Å². The molecule has 0 aliphatic heterocycles. The molecular formula is C20H23BrN2O4. The first-order chi connectivity index (χ1) is 12.9. The number of halogens is 1. The van der Waals surface area contributed by atoms with Crippen LogP contribution in [-0.2, 0) is 9.53 Å². The molecule has 0 bridgehead atoms. The van der Waals surface area contributed by atoms with E-state index in [0.717, 1.165) is 5.56 Å². The number of ether oxygens (including phenoxy) is 2. The molecule has 0 aliphatic rings. The van der Waals surface area contributed by atoms with Crippen LogP contribution in [0.4, 0.5) is 11.4 Å². The maximum Gasteiger partial charge on any atom is 0.255 e. The first kappa shape index (κ1) is 20.9. The highest BCUT2D eigenvalue weighted by Gasteiger charge is 2.11. The predicted molar refractivity (Wildman–Crippen MR) is 110 cm³/mol. The molecule has 0 saturated carbocycles. The number of aryl methyl sites for hydroxylation is 1. The van der Waals surface area contributed by atoms with Gasteiger partial charge in [-0.2, -0.15) is 0 Å². The van der Waals surface area contributed by atoms with E-state index >= 15 is 0 Å². The average Bonchev–Trinajstić information content (AvgIpc) is 2.65. The zero-order valence-corrected chi connectivity index (χ0v) is 17.2. The molecule has 7 heteroatoms. The highest BCUT2D eigenvalue weighted by molar-refractivity contribution is 9.10. The second-order valence-electron chi connectivity index (χ2n) is 5.87. The van der Waals surface area contributed by atoms with Gasteiger partial charge in [0.25, 0.3) is 5.91 Å². The molecule has 0 spiro atoms. The molecule has 0 atom stereocenters. The Bertz CT molecular complexity index is 824. The number of carbonyl (C=O) groups excluding carboxylic acids is 2. The average molecular weight is 435 g/mol. The molecule has 2 amide bonds. The lowest BCUT2D eigenvalue weighted by Gasteiger charge is -2.12. The van der Waals surface area contributed by atoms with Crippen LogP contribution in [0.1, 0.15) is 29.3 Å². The van der Waals surface area contributed by atoms with Crippen molar-refractivity contribution < 1.29 is 19.1 Å². The second kappa shape index (κ2) is 10.1. The van der Waals surface area contributed by atoms with E-state index in [0.29, 0.717) is 46.8 Å². The number of carbonyl (C=O) groups is 2. The van der Waals surface area contributed by atoms with E-state index < -0.39 is 0 Å². The van der Waals surface area contributed by atoms with Crippen LogP contribution >= 0.6 is 15.9 Å². The summed E-state index contributed by atoms with van der Waals surface area (Å²) in [6, 6.07) is 10.5. The maximum absolute atomic E-state index is 12.5. The summed E-state index contributed by atoms with van der Waals surface area (Å²) < 4.78 is 11.2. The molecule has 6 nitrogen and oxygen atoms in total. The van der Waals surface area contributed by atoms with Crippen LogP contribution in [0.3, 0.4) is 0 Å². The Balaban J connectivity index is 2.09. The van der Waals surface area contributed by atoms with Crippen molar-refractivity contribution in [3.8, 4) is 5.75 Å². The van der Waals surface area contributed by atoms with Crippen LogP contribution in [-0.4, -0.2) is 32.1 Å². The zero-order valence-electron chi connectivity index (χ0n) is 15.6. The molecule has 2 rings (SSSR count). The number of anilines is 2. The normalized spacial score (nSPS) is 10.4. The van der Waals surface area contributed by atoms with E-state index in [1.165, 1.54) is 0 Å². The van der Waals surface area contributed by atoms with Crippen LogP contribution in [0.2, 0.25) is 0 Å². The molecule has 0 aromatic heterocycles. The fourth-order valence-electron chi connectivity index (χ4n) is 2.27. The third-order valence-corrected chi connectivity index (χ3v) is 4.45. The number of methoxy groups -OCH3 is 1. The van der Waals surface area contributed by atoms with Gasteiger partial charge < -0.3 is 20.1 Å². The van der Waals surface area contributed by atoms with Crippen molar-refractivity contribution in [3.05, 3.63) is 52.0 Å². The van der Waals surface area contributed by atoms with Gasteiger partial charge in [-0.1, -0.05) is 13.0 Å². The molecule has 0 radical (unpaired) electrons. The van der Waals surface area contributed by atoms with E-state index in [1.54, 1.807) is 44.4 Å².